The first-order chi connectivity index (χ1) is 18.5. The highest BCUT2D eigenvalue weighted by atomic mass is 16.5. The van der Waals surface area contributed by atoms with Crippen molar-refractivity contribution in [2.24, 2.45) is 5.41 Å². The molecule has 0 saturated carbocycles. The number of ether oxygens (including phenoxy) is 1. The van der Waals surface area contributed by atoms with Crippen LogP contribution in [0.2, 0.25) is 0 Å². The summed E-state index contributed by atoms with van der Waals surface area (Å²) < 4.78 is 6.68. The Bertz CT molecular complexity index is 1420. The number of carboxylic acid groups (broad SMARTS) is 1. The van der Waals surface area contributed by atoms with Crippen molar-refractivity contribution in [3.8, 4) is 0 Å². The van der Waals surface area contributed by atoms with Crippen LogP contribution >= 0.6 is 0 Å². The molecule has 204 valence electrons. The summed E-state index contributed by atoms with van der Waals surface area (Å²) in [6, 6.07) is 19.3. The summed E-state index contributed by atoms with van der Waals surface area (Å²) in [5.41, 5.74) is 3.41. The summed E-state index contributed by atoms with van der Waals surface area (Å²) in [5.74, 6) is -1.66. The van der Waals surface area contributed by atoms with Crippen LogP contribution in [0.4, 0.5) is 5.69 Å². The number of carbonyl (C=O) groups is 3. The van der Waals surface area contributed by atoms with Gasteiger partial charge in [0, 0.05) is 24.3 Å². The van der Waals surface area contributed by atoms with E-state index in [0.717, 1.165) is 33.2 Å². The Hall–Kier alpha value is -3.71. The summed E-state index contributed by atoms with van der Waals surface area (Å²) in [5, 5.41) is 11.7. The molecule has 0 radical (unpaired) electrons. The third-order valence-corrected chi connectivity index (χ3v) is 7.55. The molecule has 3 aromatic carbocycles. The lowest BCUT2D eigenvalue weighted by Gasteiger charge is -2.32. The second-order valence-corrected chi connectivity index (χ2v) is 11.9. The largest absolute Gasteiger partial charge is 0.480 e. The van der Waals surface area contributed by atoms with E-state index in [2.05, 4.69) is 26.8 Å². The predicted molar refractivity (Wildman–Crippen MR) is 151 cm³/mol. The Morgan fingerprint density at radius 1 is 1.03 bits per heavy atom. The summed E-state index contributed by atoms with van der Waals surface area (Å²) in [6.45, 7) is 9.05. The van der Waals surface area contributed by atoms with E-state index in [1.807, 2.05) is 61.5 Å². The van der Waals surface area contributed by atoms with Crippen molar-refractivity contribution < 1.29 is 24.2 Å². The molecule has 0 spiro atoms. The number of amides is 2. The van der Waals surface area contributed by atoms with Crippen LogP contribution in [0.1, 0.15) is 62.8 Å². The molecule has 0 unspecified atom stereocenters. The number of hydrogen-bond donors (Lipinski definition) is 1. The highest BCUT2D eigenvalue weighted by molar-refractivity contribution is 6.01. The monoisotopic (exact) mass is 528 g/mol. The minimum absolute atomic E-state index is 0.211. The molecule has 3 aromatic rings. The molecule has 0 aromatic heterocycles. The normalized spacial score (nSPS) is 21.6. The molecule has 7 nitrogen and oxygen atoms in total. The first-order valence-corrected chi connectivity index (χ1v) is 13.6. The van der Waals surface area contributed by atoms with Gasteiger partial charge in [-0.25, -0.2) is 4.79 Å². The maximum absolute atomic E-state index is 14.2. The van der Waals surface area contributed by atoms with Crippen LogP contribution in [0.5, 0.6) is 0 Å². The zero-order valence-corrected chi connectivity index (χ0v) is 23.0. The van der Waals surface area contributed by atoms with E-state index in [4.69, 9.17) is 4.74 Å². The Morgan fingerprint density at radius 3 is 2.51 bits per heavy atom. The van der Waals surface area contributed by atoms with Crippen LogP contribution in [-0.2, 0) is 19.1 Å². The molecule has 1 saturated heterocycles. The molecule has 1 fully saturated rings. The number of likely N-dealkylation sites (tertiary alicyclic amines) is 1. The Balaban J connectivity index is 1.63. The number of rotatable bonds is 5. The van der Waals surface area contributed by atoms with Crippen LogP contribution in [0.15, 0.2) is 60.7 Å². The van der Waals surface area contributed by atoms with Gasteiger partial charge in [-0.2, -0.15) is 0 Å². The van der Waals surface area contributed by atoms with Crippen LogP contribution in [-0.4, -0.2) is 53.0 Å². The Morgan fingerprint density at radius 2 is 1.77 bits per heavy atom. The third kappa shape index (κ3) is 5.41. The van der Waals surface area contributed by atoms with Gasteiger partial charge in [-0.1, -0.05) is 80.9 Å². The molecule has 39 heavy (non-hydrogen) atoms. The number of hydrogen-bond acceptors (Lipinski definition) is 4. The van der Waals surface area contributed by atoms with Crippen molar-refractivity contribution in [1.82, 2.24) is 4.90 Å². The number of aryl methyl sites for hydroxylation is 1. The van der Waals surface area contributed by atoms with Gasteiger partial charge in [-0.05, 0) is 47.6 Å². The van der Waals surface area contributed by atoms with Crippen molar-refractivity contribution in [1.29, 1.82) is 0 Å². The number of fused-ring (bicyclic) bond motifs is 2. The standard InChI is InChI=1S/C32H36N2O5/c1-20-14-15-25-24(17-20)29(23-12-7-10-21-9-5-6-11-22(21)23)39-27(30(36)34(25)19-32(2,3)4)18-28(35)33-16-8-13-26(33)31(37)38/h5-7,9-12,14-15,17,26-27,29H,8,13,16,18-19H2,1-4H3,(H,37,38)/t26-,27-,29-/m0/s1. The van der Waals surface area contributed by atoms with Crippen molar-refractivity contribution in [2.75, 3.05) is 18.0 Å². The molecule has 1 N–H and O–H groups in total. The zero-order valence-electron chi connectivity index (χ0n) is 23.0. The van der Waals surface area contributed by atoms with Crippen LogP contribution in [0, 0.1) is 12.3 Å². The maximum atomic E-state index is 14.2. The Labute approximate surface area is 229 Å². The van der Waals surface area contributed by atoms with Crippen LogP contribution < -0.4 is 4.90 Å². The van der Waals surface area contributed by atoms with Crippen molar-refractivity contribution >= 4 is 34.2 Å². The predicted octanol–water partition coefficient (Wildman–Crippen LogP) is 5.48. The highest BCUT2D eigenvalue weighted by Crippen LogP contribution is 2.42. The molecule has 7 heteroatoms. The van der Waals surface area contributed by atoms with E-state index >= 15 is 0 Å². The molecule has 2 amide bonds. The second kappa shape index (κ2) is 10.5. The number of carbonyl (C=O) groups excluding carboxylic acids is 2. The fraction of sp³-hybridized carbons (Fsp3) is 0.406. The van der Waals surface area contributed by atoms with E-state index in [1.165, 1.54) is 4.90 Å². The second-order valence-electron chi connectivity index (χ2n) is 11.9. The molecule has 3 atom stereocenters. The average Bonchev–Trinajstić information content (AvgIpc) is 3.36. The molecule has 0 bridgehead atoms. The zero-order chi connectivity index (χ0) is 27.9. The van der Waals surface area contributed by atoms with Gasteiger partial charge in [0.1, 0.15) is 18.2 Å². The van der Waals surface area contributed by atoms with Crippen molar-refractivity contribution in [3.05, 3.63) is 77.4 Å². The van der Waals surface area contributed by atoms with Gasteiger partial charge in [-0.15, -0.1) is 0 Å². The molecule has 0 aliphatic carbocycles. The lowest BCUT2D eigenvalue weighted by molar-refractivity contribution is -0.151. The Kier molecular flexibility index (Phi) is 7.21. The lowest BCUT2D eigenvalue weighted by Crippen LogP contribution is -2.47. The van der Waals surface area contributed by atoms with Gasteiger partial charge in [-0.3, -0.25) is 9.59 Å². The van der Waals surface area contributed by atoms with Gasteiger partial charge in [0.15, 0.2) is 0 Å². The van der Waals surface area contributed by atoms with E-state index in [9.17, 15) is 19.5 Å². The fourth-order valence-corrected chi connectivity index (χ4v) is 5.81. The molecule has 2 aliphatic rings. The molecular weight excluding hydrogens is 492 g/mol. The topological polar surface area (TPSA) is 87.1 Å². The van der Waals surface area contributed by atoms with Gasteiger partial charge >= 0.3 is 5.97 Å². The summed E-state index contributed by atoms with van der Waals surface area (Å²) in [4.78, 5) is 42.6. The van der Waals surface area contributed by atoms with Gasteiger partial charge < -0.3 is 19.6 Å². The summed E-state index contributed by atoms with van der Waals surface area (Å²) >= 11 is 0. The van der Waals surface area contributed by atoms with E-state index < -0.39 is 24.2 Å². The minimum atomic E-state index is -1.06. The first kappa shape index (κ1) is 26.9. The van der Waals surface area contributed by atoms with Crippen molar-refractivity contribution in [3.63, 3.8) is 0 Å². The molecular formula is C32H36N2O5. The van der Waals surface area contributed by atoms with Crippen molar-refractivity contribution in [2.45, 2.75) is 65.2 Å². The molecule has 5 rings (SSSR count). The van der Waals surface area contributed by atoms with Gasteiger partial charge in [0.25, 0.3) is 5.91 Å². The number of aliphatic carboxylic acids is 1. The number of anilines is 1. The summed E-state index contributed by atoms with van der Waals surface area (Å²) in [7, 11) is 0. The minimum Gasteiger partial charge on any atom is -0.480 e. The number of benzene rings is 3. The molecule has 2 aliphatic heterocycles. The lowest BCUT2D eigenvalue weighted by atomic mass is 9.92. The third-order valence-electron chi connectivity index (χ3n) is 7.55. The first-order valence-electron chi connectivity index (χ1n) is 13.6. The maximum Gasteiger partial charge on any atom is 0.326 e. The quantitative estimate of drug-likeness (QED) is 0.474. The number of nitrogens with zero attached hydrogens (tertiary/aromatic N) is 2. The smallest absolute Gasteiger partial charge is 0.326 e. The fourth-order valence-electron chi connectivity index (χ4n) is 5.81. The summed E-state index contributed by atoms with van der Waals surface area (Å²) in [6.07, 6.45) is -0.822. The van der Waals surface area contributed by atoms with Crippen LogP contribution in [0.3, 0.4) is 0 Å². The van der Waals surface area contributed by atoms with E-state index in [1.54, 1.807) is 4.90 Å². The van der Waals surface area contributed by atoms with Crippen LogP contribution in [0.25, 0.3) is 10.8 Å². The van der Waals surface area contributed by atoms with Gasteiger partial charge in [0.05, 0.1) is 6.42 Å². The van der Waals surface area contributed by atoms with E-state index in [0.29, 0.717) is 25.9 Å². The number of carboxylic acids is 1. The average molecular weight is 529 g/mol. The molecule has 2 heterocycles. The van der Waals surface area contributed by atoms with E-state index in [-0.39, 0.29) is 23.7 Å². The van der Waals surface area contributed by atoms with Gasteiger partial charge in [0.2, 0.25) is 5.91 Å². The highest BCUT2D eigenvalue weighted by Gasteiger charge is 2.42. The SMILES string of the molecule is Cc1ccc2c(c1)[C@H](c1cccc3ccccc13)O[C@@H](CC(=O)N1CCC[C@H]1C(=O)O)C(=O)N2CC(C)(C)C.